The number of nitrogens with zero attached hydrogens (tertiary/aromatic N) is 2. The maximum atomic E-state index is 4.25. The Balaban J connectivity index is 2.62. The van der Waals surface area contributed by atoms with Crippen molar-refractivity contribution >= 4 is 11.9 Å². The monoisotopic (exact) mass is 247 g/mol. The van der Waals surface area contributed by atoms with Gasteiger partial charge >= 0.3 is 0 Å². The fourth-order valence-corrected chi connectivity index (χ4v) is 1.51. The van der Waals surface area contributed by atoms with Crippen LogP contribution >= 0.6 is 0 Å². The number of pyridine rings is 1. The van der Waals surface area contributed by atoms with E-state index < -0.39 is 0 Å². The molecule has 18 heavy (non-hydrogen) atoms. The molecule has 1 aromatic rings. The molecule has 3 nitrogen and oxygen atoms in total. The van der Waals surface area contributed by atoms with E-state index in [0.717, 1.165) is 12.1 Å². The summed E-state index contributed by atoms with van der Waals surface area (Å²) in [6.45, 7) is 10.8. The van der Waals surface area contributed by atoms with E-state index in [1.54, 1.807) is 6.20 Å². The largest absolute Gasteiger partial charge is 0.277 e. The molecule has 0 aliphatic heterocycles. The number of aromatic nitrogens is 1. The minimum Gasteiger partial charge on any atom is -0.277 e. The molecule has 0 radical (unpaired) electrons. The van der Waals surface area contributed by atoms with Crippen LogP contribution in [-0.2, 0) is 6.42 Å². The lowest BCUT2D eigenvalue weighted by Crippen LogP contribution is -2.07. The molecule has 0 aromatic carbocycles. The quantitative estimate of drug-likeness (QED) is 0.628. The first kappa shape index (κ1) is 14.7. The van der Waals surface area contributed by atoms with Gasteiger partial charge in [-0.25, -0.2) is 0 Å². The van der Waals surface area contributed by atoms with E-state index in [2.05, 4.69) is 56.2 Å². The summed E-state index contributed by atoms with van der Waals surface area (Å²) >= 11 is 0. The van der Waals surface area contributed by atoms with Crippen molar-refractivity contribution < 1.29 is 0 Å². The standard InChI is InChI=1S/C15H25N3/c1-6-12(2)7-13-8-14(10-16-9-13)18-17-11-15(3,4)5/h8-12,18H,6-7H2,1-5H3/b17-11-. The Morgan fingerprint density at radius 1 is 1.39 bits per heavy atom. The van der Waals surface area contributed by atoms with Crippen LogP contribution in [0.4, 0.5) is 5.69 Å². The average Bonchev–Trinajstić information content (AvgIpc) is 2.27. The topological polar surface area (TPSA) is 37.3 Å². The fourth-order valence-electron chi connectivity index (χ4n) is 1.51. The summed E-state index contributed by atoms with van der Waals surface area (Å²) in [6.07, 6.45) is 7.92. The van der Waals surface area contributed by atoms with E-state index in [4.69, 9.17) is 0 Å². The van der Waals surface area contributed by atoms with Gasteiger partial charge in [0.05, 0.1) is 11.9 Å². The first-order valence-electron chi connectivity index (χ1n) is 6.65. The third-order valence-corrected chi connectivity index (χ3v) is 2.72. The molecule has 0 bridgehead atoms. The van der Waals surface area contributed by atoms with Crippen LogP contribution in [0.2, 0.25) is 0 Å². The molecule has 3 heteroatoms. The molecule has 0 aliphatic carbocycles. The molecule has 0 saturated carbocycles. The van der Waals surface area contributed by atoms with Gasteiger partial charge < -0.3 is 0 Å². The minimum atomic E-state index is 0.0920. The van der Waals surface area contributed by atoms with Crippen molar-refractivity contribution in [3.05, 3.63) is 24.0 Å². The first-order chi connectivity index (χ1) is 8.40. The van der Waals surface area contributed by atoms with Crippen molar-refractivity contribution in [1.82, 2.24) is 4.98 Å². The van der Waals surface area contributed by atoms with Crippen molar-refractivity contribution in [3.8, 4) is 0 Å². The number of nitrogens with one attached hydrogen (secondary N) is 1. The highest BCUT2D eigenvalue weighted by Crippen LogP contribution is 2.15. The second-order valence-corrected chi connectivity index (χ2v) is 6.04. The van der Waals surface area contributed by atoms with E-state index in [0.29, 0.717) is 5.92 Å². The highest BCUT2D eigenvalue weighted by molar-refractivity contribution is 5.65. The molecule has 1 aromatic heterocycles. The van der Waals surface area contributed by atoms with Crippen LogP contribution in [0, 0.1) is 11.3 Å². The SMILES string of the molecule is CCC(C)Cc1cncc(N/N=C\C(C)(C)C)c1. The summed E-state index contributed by atoms with van der Waals surface area (Å²) in [5.74, 6) is 0.695. The molecule has 1 rings (SSSR count). The molecule has 1 unspecified atom stereocenters. The van der Waals surface area contributed by atoms with Crippen LogP contribution < -0.4 is 5.43 Å². The smallest absolute Gasteiger partial charge is 0.0747 e. The van der Waals surface area contributed by atoms with Gasteiger partial charge in [0, 0.05) is 12.4 Å². The molecule has 0 aliphatic rings. The first-order valence-corrected chi connectivity index (χ1v) is 6.65. The Kier molecular flexibility index (Phi) is 5.32. The van der Waals surface area contributed by atoms with Gasteiger partial charge in [-0.05, 0) is 29.4 Å². The molecule has 100 valence electrons. The van der Waals surface area contributed by atoms with Gasteiger partial charge in [0.1, 0.15) is 0 Å². The third kappa shape index (κ3) is 5.80. The molecule has 0 spiro atoms. The van der Waals surface area contributed by atoms with Crippen LogP contribution in [0.3, 0.4) is 0 Å². The van der Waals surface area contributed by atoms with Gasteiger partial charge in [0.25, 0.3) is 0 Å². The van der Waals surface area contributed by atoms with Crippen molar-refractivity contribution in [3.63, 3.8) is 0 Å². The Morgan fingerprint density at radius 2 is 2.11 bits per heavy atom. The highest BCUT2D eigenvalue weighted by Gasteiger charge is 2.05. The van der Waals surface area contributed by atoms with E-state index in [1.807, 2.05) is 12.4 Å². The van der Waals surface area contributed by atoms with Crippen molar-refractivity contribution in [2.45, 2.75) is 47.5 Å². The number of anilines is 1. The summed E-state index contributed by atoms with van der Waals surface area (Å²) in [5.41, 5.74) is 5.35. The molecule has 0 saturated heterocycles. The van der Waals surface area contributed by atoms with Crippen molar-refractivity contribution in [2.24, 2.45) is 16.4 Å². The average molecular weight is 247 g/mol. The zero-order valence-corrected chi connectivity index (χ0v) is 12.2. The summed E-state index contributed by atoms with van der Waals surface area (Å²) in [7, 11) is 0. The van der Waals surface area contributed by atoms with E-state index >= 15 is 0 Å². The molecular weight excluding hydrogens is 222 g/mol. The third-order valence-electron chi connectivity index (χ3n) is 2.72. The minimum absolute atomic E-state index is 0.0920. The second-order valence-electron chi connectivity index (χ2n) is 6.04. The van der Waals surface area contributed by atoms with Gasteiger partial charge in [-0.15, -0.1) is 0 Å². The maximum absolute atomic E-state index is 4.25. The Hall–Kier alpha value is -1.38. The summed E-state index contributed by atoms with van der Waals surface area (Å²) < 4.78 is 0. The van der Waals surface area contributed by atoms with E-state index in [9.17, 15) is 0 Å². The zero-order valence-electron chi connectivity index (χ0n) is 12.2. The lowest BCUT2D eigenvalue weighted by Gasteiger charge is -2.11. The molecule has 1 atom stereocenters. The zero-order chi connectivity index (χ0) is 13.6. The van der Waals surface area contributed by atoms with Crippen LogP contribution in [-0.4, -0.2) is 11.2 Å². The predicted octanol–water partition coefficient (Wildman–Crippen LogP) is 4.11. The van der Waals surface area contributed by atoms with Crippen LogP contribution in [0.5, 0.6) is 0 Å². The van der Waals surface area contributed by atoms with Crippen molar-refractivity contribution in [2.75, 3.05) is 5.43 Å². The normalized spacial score (nSPS) is 13.8. The van der Waals surface area contributed by atoms with Crippen LogP contribution in [0.1, 0.15) is 46.6 Å². The summed E-state index contributed by atoms with van der Waals surface area (Å²) in [6, 6.07) is 2.12. The Morgan fingerprint density at radius 3 is 2.72 bits per heavy atom. The lowest BCUT2D eigenvalue weighted by molar-refractivity contribution is 0.559. The predicted molar refractivity (Wildman–Crippen MR) is 79.0 cm³/mol. The van der Waals surface area contributed by atoms with Gasteiger partial charge in [-0.1, -0.05) is 41.0 Å². The van der Waals surface area contributed by atoms with E-state index in [1.165, 1.54) is 12.0 Å². The Bertz CT molecular complexity index is 391. The molecule has 1 N–H and O–H groups in total. The van der Waals surface area contributed by atoms with Crippen molar-refractivity contribution in [1.29, 1.82) is 0 Å². The molecule has 0 amide bonds. The number of hydrogen-bond donors (Lipinski definition) is 1. The van der Waals surface area contributed by atoms with Gasteiger partial charge in [0.15, 0.2) is 0 Å². The fraction of sp³-hybridized carbons (Fsp3) is 0.600. The number of hydrazone groups is 1. The molecule has 1 heterocycles. The molecule has 0 fully saturated rings. The van der Waals surface area contributed by atoms with Gasteiger partial charge in [-0.2, -0.15) is 5.10 Å². The summed E-state index contributed by atoms with van der Waals surface area (Å²) in [5, 5.41) is 4.24. The second kappa shape index (κ2) is 6.53. The lowest BCUT2D eigenvalue weighted by atomic mass is 9.99. The van der Waals surface area contributed by atoms with Crippen LogP contribution in [0.25, 0.3) is 0 Å². The van der Waals surface area contributed by atoms with Crippen LogP contribution in [0.15, 0.2) is 23.6 Å². The number of hydrogen-bond acceptors (Lipinski definition) is 3. The van der Waals surface area contributed by atoms with Gasteiger partial charge in [0.2, 0.25) is 0 Å². The van der Waals surface area contributed by atoms with E-state index in [-0.39, 0.29) is 5.41 Å². The number of rotatable bonds is 5. The Labute approximate surface area is 111 Å². The summed E-state index contributed by atoms with van der Waals surface area (Å²) in [4.78, 5) is 4.25. The molecular formula is C15H25N3. The van der Waals surface area contributed by atoms with Gasteiger partial charge in [-0.3, -0.25) is 10.4 Å². The highest BCUT2D eigenvalue weighted by atomic mass is 15.3. The maximum Gasteiger partial charge on any atom is 0.0747 e.